The number of nitrogens with one attached hydrogen (secondary N) is 3. The quantitative estimate of drug-likeness (QED) is 0.0556. The third kappa shape index (κ3) is 13.0. The van der Waals surface area contributed by atoms with Crippen LogP contribution in [-0.4, -0.2) is 61.9 Å². The summed E-state index contributed by atoms with van der Waals surface area (Å²) in [6.07, 6.45) is 5.44. The first kappa shape index (κ1) is 54.5. The average molecular weight is 985 g/mol. The molecule has 4 aromatic carbocycles. The molecule has 13 nitrogen and oxygen atoms in total. The monoisotopic (exact) mass is 985 g/mol. The molecule has 73 heavy (non-hydrogen) atoms. The zero-order chi connectivity index (χ0) is 52.9. The Bertz CT molecular complexity index is 3150. The Morgan fingerprint density at radius 3 is 1.40 bits per heavy atom. The lowest BCUT2D eigenvalue weighted by Crippen LogP contribution is -2.21. The summed E-state index contributed by atoms with van der Waals surface area (Å²) in [5.74, 6) is -1.09. The smallest absolute Gasteiger partial charge is 0.337 e. The van der Waals surface area contributed by atoms with Crippen molar-refractivity contribution in [1.82, 2.24) is 18.8 Å². The van der Waals surface area contributed by atoms with Crippen molar-refractivity contribution in [2.75, 3.05) is 57.7 Å². The van der Waals surface area contributed by atoms with Gasteiger partial charge in [0.25, 0.3) is 5.91 Å². The summed E-state index contributed by atoms with van der Waals surface area (Å²) >= 11 is 0. The van der Waals surface area contributed by atoms with E-state index in [9.17, 15) is 14.7 Å². The van der Waals surface area contributed by atoms with Crippen LogP contribution < -0.4 is 31.5 Å². The highest BCUT2D eigenvalue weighted by atomic mass is 16.4. The predicted molar refractivity (Wildman–Crippen MR) is 304 cm³/mol. The molecule has 0 saturated heterocycles. The van der Waals surface area contributed by atoms with Crippen molar-refractivity contribution in [3.8, 4) is 0 Å². The Balaban J connectivity index is 0.000000202. The molecule has 384 valence electrons. The van der Waals surface area contributed by atoms with Crippen LogP contribution in [0.5, 0.6) is 0 Å². The van der Waals surface area contributed by atoms with E-state index in [0.29, 0.717) is 18.7 Å². The maximum atomic E-state index is 13.3. The van der Waals surface area contributed by atoms with Crippen LogP contribution in [0.15, 0.2) is 109 Å². The molecule has 13 heteroatoms. The Labute approximate surface area is 432 Å². The van der Waals surface area contributed by atoms with E-state index >= 15 is 0 Å². The number of amides is 1. The minimum Gasteiger partial charge on any atom is -0.478 e. The molecular weight excluding hydrogens is 909 g/mol. The SMILES string of the molecule is CCN(CC)c1ccc(N)cc1.CCc1cccc(C)c1CNc1cc(C(=O)Nc2ccc(N(CC)CC)cc2)cn2c(C)c(C)nc12.CCc1cccc(C)c1CNc1cc(C(=O)O)cn2c(C)c(C)nc12. The lowest BCUT2D eigenvalue weighted by Gasteiger charge is -2.21. The number of pyridine rings is 2. The van der Waals surface area contributed by atoms with E-state index in [1.165, 1.54) is 39.1 Å². The van der Waals surface area contributed by atoms with Gasteiger partial charge >= 0.3 is 5.97 Å². The third-order valence-corrected chi connectivity index (χ3v) is 13.9. The Morgan fingerprint density at radius 2 is 0.986 bits per heavy atom. The van der Waals surface area contributed by atoms with E-state index in [4.69, 9.17) is 10.7 Å². The van der Waals surface area contributed by atoms with Crippen LogP contribution in [0.25, 0.3) is 11.3 Å². The molecule has 4 aromatic heterocycles. The third-order valence-electron chi connectivity index (χ3n) is 13.9. The molecule has 0 aliphatic carbocycles. The second-order valence-corrected chi connectivity index (χ2v) is 18.3. The minimum absolute atomic E-state index is 0.147. The summed E-state index contributed by atoms with van der Waals surface area (Å²) in [6, 6.07) is 32.3. The number of carbonyl (C=O) groups is 2. The Hall–Kier alpha value is -7.80. The van der Waals surface area contributed by atoms with Gasteiger partial charge in [0.05, 0.1) is 33.9 Å². The lowest BCUT2D eigenvalue weighted by molar-refractivity contribution is 0.0696. The zero-order valence-electron chi connectivity index (χ0n) is 45.1. The molecule has 8 aromatic rings. The maximum absolute atomic E-state index is 13.3. The number of anilines is 6. The highest BCUT2D eigenvalue weighted by molar-refractivity contribution is 6.05. The average Bonchev–Trinajstić information content (AvgIpc) is 3.85. The van der Waals surface area contributed by atoms with Crippen molar-refractivity contribution in [2.45, 2.75) is 109 Å². The van der Waals surface area contributed by atoms with Crippen LogP contribution in [0.3, 0.4) is 0 Å². The number of carboxylic acid groups (broad SMARTS) is 1. The largest absolute Gasteiger partial charge is 0.478 e. The topological polar surface area (TPSA) is 158 Å². The van der Waals surface area contributed by atoms with Crippen LogP contribution in [0.1, 0.15) is 118 Å². The number of imidazole rings is 2. The molecule has 0 spiro atoms. The second-order valence-electron chi connectivity index (χ2n) is 18.3. The van der Waals surface area contributed by atoms with Gasteiger partial charge in [-0.15, -0.1) is 0 Å². The number of fused-ring (bicyclic) bond motifs is 2. The number of rotatable bonds is 17. The first-order chi connectivity index (χ1) is 35.0. The Kier molecular flexibility index (Phi) is 18.7. The van der Waals surface area contributed by atoms with Gasteiger partial charge in [0, 0.05) is 85.8 Å². The number of nitrogens with zero attached hydrogens (tertiary/aromatic N) is 6. The summed E-state index contributed by atoms with van der Waals surface area (Å²) in [4.78, 5) is 38.7. The number of aromatic carboxylic acids is 1. The van der Waals surface area contributed by atoms with E-state index < -0.39 is 5.97 Å². The number of aryl methyl sites for hydroxylation is 8. The fourth-order valence-corrected chi connectivity index (χ4v) is 9.13. The minimum atomic E-state index is -0.944. The summed E-state index contributed by atoms with van der Waals surface area (Å²) in [7, 11) is 0. The van der Waals surface area contributed by atoms with Gasteiger partial charge in [0.15, 0.2) is 11.3 Å². The molecule has 0 aliphatic heterocycles. The number of nitrogen functional groups attached to an aromatic ring is 1. The number of carboxylic acids is 1. The number of benzene rings is 4. The van der Waals surface area contributed by atoms with Crippen LogP contribution in [0.2, 0.25) is 0 Å². The van der Waals surface area contributed by atoms with Crippen LogP contribution in [0, 0.1) is 41.5 Å². The number of hydrogen-bond donors (Lipinski definition) is 5. The Morgan fingerprint density at radius 1 is 0.575 bits per heavy atom. The summed E-state index contributed by atoms with van der Waals surface area (Å²) in [5, 5.41) is 19.5. The summed E-state index contributed by atoms with van der Waals surface area (Å²) in [5.41, 5.74) is 25.1. The molecule has 6 N–H and O–H groups in total. The zero-order valence-corrected chi connectivity index (χ0v) is 45.1. The van der Waals surface area contributed by atoms with Crippen molar-refractivity contribution in [1.29, 1.82) is 0 Å². The molecule has 0 radical (unpaired) electrons. The van der Waals surface area contributed by atoms with Crippen molar-refractivity contribution in [3.63, 3.8) is 0 Å². The van der Waals surface area contributed by atoms with E-state index in [1.54, 1.807) is 12.3 Å². The predicted octanol–water partition coefficient (Wildman–Crippen LogP) is 12.8. The van der Waals surface area contributed by atoms with Crippen LogP contribution >= 0.6 is 0 Å². The molecular formula is C60H76N10O3. The van der Waals surface area contributed by atoms with Gasteiger partial charge in [0.1, 0.15) is 0 Å². The van der Waals surface area contributed by atoms with Crippen molar-refractivity contribution in [2.24, 2.45) is 0 Å². The van der Waals surface area contributed by atoms with Crippen molar-refractivity contribution in [3.05, 3.63) is 177 Å². The fraction of sp³-hybridized carbons (Fsp3) is 0.333. The van der Waals surface area contributed by atoms with E-state index in [2.05, 4.69) is 147 Å². The van der Waals surface area contributed by atoms with E-state index in [0.717, 1.165) is 102 Å². The normalized spacial score (nSPS) is 10.8. The van der Waals surface area contributed by atoms with Gasteiger partial charge in [-0.3, -0.25) is 4.79 Å². The molecule has 4 heterocycles. The fourth-order valence-electron chi connectivity index (χ4n) is 9.13. The number of nitrogens with two attached hydrogens (primary N) is 1. The molecule has 0 saturated carbocycles. The number of carbonyl (C=O) groups excluding carboxylic acids is 1. The van der Waals surface area contributed by atoms with Gasteiger partial charge in [0.2, 0.25) is 0 Å². The first-order valence-corrected chi connectivity index (χ1v) is 25.7. The van der Waals surface area contributed by atoms with E-state index in [-0.39, 0.29) is 11.5 Å². The summed E-state index contributed by atoms with van der Waals surface area (Å²) in [6.45, 7) is 30.4. The van der Waals surface area contributed by atoms with Gasteiger partial charge in [-0.1, -0.05) is 50.2 Å². The molecule has 0 atom stereocenters. The lowest BCUT2D eigenvalue weighted by atomic mass is 10.00. The highest BCUT2D eigenvalue weighted by Crippen LogP contribution is 2.27. The number of hydrogen-bond acceptors (Lipinski definition) is 9. The molecule has 1 amide bonds. The van der Waals surface area contributed by atoms with Crippen molar-refractivity contribution >= 4 is 57.3 Å². The summed E-state index contributed by atoms with van der Waals surface area (Å²) < 4.78 is 3.86. The van der Waals surface area contributed by atoms with Gasteiger partial charge in [-0.25, -0.2) is 14.8 Å². The molecule has 0 aliphatic rings. The highest BCUT2D eigenvalue weighted by Gasteiger charge is 2.18. The van der Waals surface area contributed by atoms with Gasteiger partial charge in [-0.05, 0) is 176 Å². The first-order valence-electron chi connectivity index (χ1n) is 25.7. The molecule has 0 fully saturated rings. The second kappa shape index (κ2) is 25.0. The van der Waals surface area contributed by atoms with Gasteiger partial charge < -0.3 is 45.4 Å². The molecule has 0 unspecified atom stereocenters. The molecule has 0 bridgehead atoms. The van der Waals surface area contributed by atoms with Crippen LogP contribution in [0.4, 0.5) is 34.1 Å². The van der Waals surface area contributed by atoms with Crippen LogP contribution in [-0.2, 0) is 25.9 Å². The van der Waals surface area contributed by atoms with Crippen molar-refractivity contribution < 1.29 is 14.7 Å². The molecule has 8 rings (SSSR count). The standard InChI is InChI=1S/C30H37N5O.C20H23N3O2.C10H16N2/c1-7-23-12-10-11-20(4)27(23)18-31-28-17-24(19-35-22(6)21(5)32-29(28)35)30(36)33-25-13-15-26(16-14-25)34(8-2)9-3;1-5-15-8-6-7-12(2)17(15)10-21-18-9-16(20(24)25)11-23-14(4)13(3)22-19(18)23;1-3-12(4-2)10-7-5-9(11)6-8-10/h10-17,19,31H,7-9,18H2,1-6H3,(H,33,36);6-9,11,21H,5,10H2,1-4H3,(H,24,25);5-8H,3-4,11H2,1-2H3. The van der Waals surface area contributed by atoms with E-state index in [1.807, 2.05) is 73.0 Å². The van der Waals surface area contributed by atoms with Gasteiger partial charge in [-0.2, -0.15) is 0 Å². The number of aromatic nitrogens is 4. The maximum Gasteiger partial charge on any atom is 0.337 e.